The van der Waals surface area contributed by atoms with Crippen molar-refractivity contribution in [1.82, 2.24) is 0 Å². The summed E-state index contributed by atoms with van der Waals surface area (Å²) in [5, 5.41) is 0. The molecule has 0 aliphatic heterocycles. The topological polar surface area (TPSA) is 52.6 Å². The minimum atomic E-state index is -0.111. The number of hydrogen-bond donors (Lipinski definition) is 0. The fourth-order valence-corrected chi connectivity index (χ4v) is 18.5. The van der Waals surface area contributed by atoms with E-state index < -0.39 is 0 Å². The summed E-state index contributed by atoms with van der Waals surface area (Å²) in [7, 11) is 1.91. The summed E-state index contributed by atoms with van der Waals surface area (Å²) >= 11 is 0. The fraction of sp³-hybridized carbons (Fsp3) is 0.846. The van der Waals surface area contributed by atoms with E-state index in [-0.39, 0.29) is 17.9 Å². The average Bonchev–Trinajstić information content (AvgIpc) is 3.85. The third kappa shape index (κ3) is 12.0. The van der Waals surface area contributed by atoms with Crippen LogP contribution in [-0.2, 0) is 19.1 Å². The monoisotopic (exact) mass is 951 g/mol. The Bertz CT molecular complexity index is 1830. The van der Waals surface area contributed by atoms with Gasteiger partial charge in [0, 0.05) is 20.0 Å². The maximum Gasteiger partial charge on any atom is 0.309 e. The molecule has 0 aromatic rings. The highest BCUT2D eigenvalue weighted by molar-refractivity contribution is 5.77. The Morgan fingerprint density at radius 3 is 1.51 bits per heavy atom. The lowest BCUT2D eigenvalue weighted by atomic mass is 9.47. The predicted octanol–water partition coefficient (Wildman–Crippen LogP) is 17.9. The number of methoxy groups -OCH3 is 1. The Hall–Kier alpha value is -1.94. The van der Waals surface area contributed by atoms with Crippen LogP contribution < -0.4 is 0 Å². The van der Waals surface area contributed by atoms with Crippen molar-refractivity contribution in [1.29, 1.82) is 0 Å². The molecule has 0 saturated heterocycles. The Balaban J connectivity index is 0.000000214. The summed E-state index contributed by atoms with van der Waals surface area (Å²) in [5.74, 6) is 10.8. The number of allylic oxidation sites excluding steroid dienone is 5. The van der Waals surface area contributed by atoms with Crippen LogP contribution in [-0.4, -0.2) is 31.1 Å². The molecule has 69 heavy (non-hydrogen) atoms. The van der Waals surface area contributed by atoms with Crippen LogP contribution in [0.25, 0.3) is 0 Å². The standard InChI is InChI=1S/C37H58O3.C28H48O/c1-26(2)13-12-14-27(3)32-19-20-33-31-18-17-29-25-30(21-23-36(29,5)34(31)22-24-37(32,33)6)40-35(39)16-11-9-7-8-10-15-28(4)38;1-19(2)8-7-9-20(3)24-12-13-25-23-11-10-21-18-22(29-6)14-16-27(21,4)26(23)15-17-28(24,25)5/h8-11,17,26-27,30-34H,7,12-16,18-25H2,1-6H3;10,19-20,22-26H,7-9,11-18H2,1-6H3. The summed E-state index contributed by atoms with van der Waals surface area (Å²) in [4.78, 5) is 23.5. The number of fused-ring (bicyclic) bond motifs is 10. The molecule has 8 aliphatic rings. The molecule has 0 N–H and O–H groups in total. The van der Waals surface area contributed by atoms with Gasteiger partial charge >= 0.3 is 5.97 Å². The second-order valence-electron chi connectivity index (χ2n) is 27.3. The molecule has 6 fully saturated rings. The Morgan fingerprint density at radius 1 is 0.580 bits per heavy atom. The summed E-state index contributed by atoms with van der Waals surface area (Å²) in [6.07, 6.45) is 44.8. The first-order chi connectivity index (χ1) is 32.8. The van der Waals surface area contributed by atoms with Crippen LogP contribution in [0.15, 0.2) is 47.6 Å². The van der Waals surface area contributed by atoms with E-state index in [0.717, 1.165) is 96.7 Å². The first kappa shape index (κ1) is 54.8. The molecule has 6 saturated carbocycles. The van der Waals surface area contributed by atoms with E-state index in [9.17, 15) is 9.59 Å². The van der Waals surface area contributed by atoms with E-state index in [4.69, 9.17) is 9.47 Å². The smallest absolute Gasteiger partial charge is 0.309 e. The maximum absolute atomic E-state index is 12.5. The van der Waals surface area contributed by atoms with Crippen molar-refractivity contribution in [2.45, 2.75) is 249 Å². The molecule has 0 heterocycles. The molecule has 4 nitrogen and oxygen atoms in total. The summed E-state index contributed by atoms with van der Waals surface area (Å²) < 4.78 is 11.7. The number of Topliss-reactive ketones (excluding diaryl/α,β-unsaturated/α-hetero) is 1. The molecule has 0 spiro atoms. The van der Waals surface area contributed by atoms with Gasteiger partial charge in [0.05, 0.1) is 12.5 Å². The van der Waals surface area contributed by atoms with Gasteiger partial charge in [0.1, 0.15) is 11.9 Å². The zero-order valence-corrected chi connectivity index (χ0v) is 46.9. The van der Waals surface area contributed by atoms with E-state index in [2.05, 4.69) is 81.4 Å². The molecule has 0 bridgehead atoms. The number of hydrogen-bond acceptors (Lipinski definition) is 4. The van der Waals surface area contributed by atoms with Gasteiger partial charge in [-0.3, -0.25) is 9.59 Å². The molecule has 4 heteroatoms. The van der Waals surface area contributed by atoms with Crippen LogP contribution in [0.3, 0.4) is 0 Å². The SMILES string of the molecule is CC(=O)CC=CCC=CCC(=O)OC1CCC2(C)C(=CCC3C2CCC2(C)C(C(C)CCCC(C)C)CCC32)C1.COC1CCC2(C)C(=CCC3C2CCC2(C)C(C(C)CCCC(C)C)CCC32)C1. The molecule has 390 valence electrons. The third-order valence-corrected chi connectivity index (χ3v) is 22.4. The molecule has 0 amide bonds. The normalized spacial score (nSPS) is 40.1. The van der Waals surface area contributed by atoms with Crippen LogP contribution in [0.4, 0.5) is 0 Å². The molecule has 16 unspecified atom stereocenters. The molecular weight excluding hydrogens is 845 g/mol. The van der Waals surface area contributed by atoms with Crippen molar-refractivity contribution in [3.05, 3.63) is 47.6 Å². The molecule has 0 aromatic heterocycles. The van der Waals surface area contributed by atoms with Gasteiger partial charge in [0.15, 0.2) is 0 Å². The lowest BCUT2D eigenvalue weighted by Crippen LogP contribution is -2.51. The Morgan fingerprint density at radius 2 is 1.04 bits per heavy atom. The van der Waals surface area contributed by atoms with Gasteiger partial charge in [-0.15, -0.1) is 0 Å². The van der Waals surface area contributed by atoms with Crippen molar-refractivity contribution in [3.8, 4) is 0 Å². The van der Waals surface area contributed by atoms with E-state index in [1.54, 1.807) is 18.1 Å². The Kier molecular flexibility index (Phi) is 18.7. The minimum absolute atomic E-state index is 0.0312. The zero-order chi connectivity index (χ0) is 49.7. The predicted molar refractivity (Wildman–Crippen MR) is 290 cm³/mol. The lowest BCUT2D eigenvalue weighted by molar-refractivity contribution is -0.150. The van der Waals surface area contributed by atoms with Crippen molar-refractivity contribution in [3.63, 3.8) is 0 Å². The lowest BCUT2D eigenvalue weighted by Gasteiger charge is -2.58. The highest BCUT2D eigenvalue weighted by atomic mass is 16.5. The number of rotatable bonds is 18. The van der Waals surface area contributed by atoms with Gasteiger partial charge < -0.3 is 9.47 Å². The van der Waals surface area contributed by atoms with E-state index in [1.807, 2.05) is 31.4 Å². The van der Waals surface area contributed by atoms with Gasteiger partial charge in [0.25, 0.3) is 0 Å². The fourth-order valence-electron chi connectivity index (χ4n) is 18.5. The van der Waals surface area contributed by atoms with Crippen molar-refractivity contribution in [2.24, 2.45) is 92.7 Å². The van der Waals surface area contributed by atoms with Crippen LogP contribution in [0, 0.1) is 92.7 Å². The van der Waals surface area contributed by atoms with Gasteiger partial charge in [-0.1, -0.05) is 155 Å². The number of ether oxygens (including phenoxy) is 2. The van der Waals surface area contributed by atoms with Crippen LogP contribution in [0.5, 0.6) is 0 Å². The number of esters is 1. The maximum atomic E-state index is 12.5. The number of carbonyl (C=O) groups excluding carboxylic acids is 2. The summed E-state index contributed by atoms with van der Waals surface area (Å²) in [6.45, 7) is 26.8. The number of ketones is 1. The molecule has 8 aliphatic carbocycles. The van der Waals surface area contributed by atoms with Gasteiger partial charge in [-0.2, -0.15) is 0 Å². The van der Waals surface area contributed by atoms with E-state index in [0.29, 0.717) is 40.6 Å². The van der Waals surface area contributed by atoms with Crippen molar-refractivity contribution >= 4 is 11.8 Å². The summed E-state index contributed by atoms with van der Waals surface area (Å²) in [6, 6.07) is 0. The third-order valence-electron chi connectivity index (χ3n) is 22.4. The zero-order valence-electron chi connectivity index (χ0n) is 46.9. The Labute approximate surface area is 425 Å². The minimum Gasteiger partial charge on any atom is -0.462 e. The second kappa shape index (κ2) is 23.5. The van der Waals surface area contributed by atoms with E-state index >= 15 is 0 Å². The van der Waals surface area contributed by atoms with Gasteiger partial charge in [-0.25, -0.2) is 0 Å². The first-order valence-electron chi connectivity index (χ1n) is 29.7. The van der Waals surface area contributed by atoms with Crippen molar-refractivity contribution in [2.75, 3.05) is 7.11 Å². The quantitative estimate of drug-likeness (QED) is 0.101. The first-order valence-corrected chi connectivity index (χ1v) is 29.7. The van der Waals surface area contributed by atoms with Crippen LogP contribution in [0.2, 0.25) is 0 Å². The second-order valence-corrected chi connectivity index (χ2v) is 27.3. The molecule has 0 aromatic carbocycles. The van der Waals surface area contributed by atoms with Crippen molar-refractivity contribution < 1.29 is 19.1 Å². The van der Waals surface area contributed by atoms with Gasteiger partial charge in [0.2, 0.25) is 0 Å². The molecular formula is C65H106O4. The largest absolute Gasteiger partial charge is 0.462 e. The summed E-state index contributed by atoms with van der Waals surface area (Å²) in [5.41, 5.74) is 5.26. The molecule has 16 atom stereocenters. The highest BCUT2D eigenvalue weighted by Crippen LogP contribution is 2.69. The average molecular weight is 952 g/mol. The van der Waals surface area contributed by atoms with Crippen LogP contribution in [0.1, 0.15) is 237 Å². The van der Waals surface area contributed by atoms with Crippen LogP contribution >= 0.6 is 0 Å². The number of carbonyl (C=O) groups is 2. The highest BCUT2D eigenvalue weighted by Gasteiger charge is 2.61. The van der Waals surface area contributed by atoms with E-state index in [1.165, 1.54) is 122 Å². The molecule has 8 rings (SSSR count). The van der Waals surface area contributed by atoms with Gasteiger partial charge in [-0.05, 0) is 202 Å². The molecule has 0 radical (unpaired) electrons.